The van der Waals surface area contributed by atoms with Crippen molar-refractivity contribution in [1.29, 1.82) is 0 Å². The zero-order valence-corrected chi connectivity index (χ0v) is 8.63. The normalized spacial score (nSPS) is 11.1. The molecule has 0 aliphatic carbocycles. The van der Waals surface area contributed by atoms with Crippen LogP contribution in [-0.4, -0.2) is 6.54 Å². The van der Waals surface area contributed by atoms with E-state index >= 15 is 0 Å². The van der Waals surface area contributed by atoms with Crippen LogP contribution < -0.4 is 5.73 Å². The van der Waals surface area contributed by atoms with Crippen LogP contribution in [0.3, 0.4) is 0 Å². The van der Waals surface area contributed by atoms with Crippen LogP contribution in [0.4, 0.5) is 0 Å². The zero-order chi connectivity index (χ0) is 10.1. The molecule has 2 rings (SSSR count). The average molecular weight is 189 g/mol. The van der Waals surface area contributed by atoms with Crippen LogP contribution >= 0.6 is 0 Å². The van der Waals surface area contributed by atoms with E-state index in [2.05, 4.69) is 25.1 Å². The minimum Gasteiger partial charge on any atom is -0.461 e. The number of nitrogens with two attached hydrogens (primary N) is 1. The fraction of sp³-hybridized carbons (Fsp3) is 0.333. The maximum atomic E-state index is 5.68. The first-order valence-corrected chi connectivity index (χ1v) is 4.91. The van der Waals surface area contributed by atoms with Crippen LogP contribution in [0.5, 0.6) is 0 Å². The quantitative estimate of drug-likeness (QED) is 0.788. The molecular formula is C12H15NO. The maximum absolute atomic E-state index is 5.68. The van der Waals surface area contributed by atoms with Gasteiger partial charge in [0.25, 0.3) is 0 Å². The van der Waals surface area contributed by atoms with Gasteiger partial charge in [-0.15, -0.1) is 0 Å². The summed E-state index contributed by atoms with van der Waals surface area (Å²) in [6, 6.07) is 6.30. The highest BCUT2D eigenvalue weighted by atomic mass is 16.3. The fourth-order valence-electron chi connectivity index (χ4n) is 1.83. The molecule has 0 fully saturated rings. The minimum absolute atomic E-state index is 0.670. The zero-order valence-electron chi connectivity index (χ0n) is 8.63. The van der Waals surface area contributed by atoms with E-state index in [1.54, 1.807) is 0 Å². The Morgan fingerprint density at radius 1 is 1.29 bits per heavy atom. The van der Waals surface area contributed by atoms with Gasteiger partial charge in [0.1, 0.15) is 11.3 Å². The summed E-state index contributed by atoms with van der Waals surface area (Å²) in [6.45, 7) is 4.74. The molecule has 2 aromatic rings. The number of fused-ring (bicyclic) bond motifs is 1. The fourth-order valence-corrected chi connectivity index (χ4v) is 1.83. The van der Waals surface area contributed by atoms with E-state index in [1.807, 2.05) is 6.92 Å². The van der Waals surface area contributed by atoms with Gasteiger partial charge in [0.15, 0.2) is 0 Å². The average Bonchev–Trinajstić information content (AvgIpc) is 2.43. The summed E-state index contributed by atoms with van der Waals surface area (Å²) in [5.74, 6) is 0.996. The van der Waals surface area contributed by atoms with E-state index in [1.165, 1.54) is 16.5 Å². The lowest BCUT2D eigenvalue weighted by molar-refractivity contribution is 0.571. The van der Waals surface area contributed by atoms with Crippen molar-refractivity contribution in [1.82, 2.24) is 0 Å². The van der Waals surface area contributed by atoms with Crippen molar-refractivity contribution in [2.45, 2.75) is 20.3 Å². The van der Waals surface area contributed by atoms with Gasteiger partial charge in [-0.05, 0) is 38.4 Å². The summed E-state index contributed by atoms with van der Waals surface area (Å²) in [4.78, 5) is 0. The monoisotopic (exact) mass is 189 g/mol. The molecule has 14 heavy (non-hydrogen) atoms. The van der Waals surface area contributed by atoms with Crippen molar-refractivity contribution in [3.05, 3.63) is 35.1 Å². The first-order valence-electron chi connectivity index (χ1n) is 4.91. The van der Waals surface area contributed by atoms with Crippen LogP contribution in [0.25, 0.3) is 11.0 Å². The number of benzene rings is 1. The molecule has 0 unspecified atom stereocenters. The third-order valence-corrected chi connectivity index (χ3v) is 2.54. The van der Waals surface area contributed by atoms with Crippen molar-refractivity contribution in [3.8, 4) is 0 Å². The summed E-state index contributed by atoms with van der Waals surface area (Å²) in [7, 11) is 0. The maximum Gasteiger partial charge on any atom is 0.134 e. The Morgan fingerprint density at radius 2 is 2.07 bits per heavy atom. The Bertz CT molecular complexity index is 457. The SMILES string of the molecule is Cc1ccc2c(CCN)c(C)oc2c1. The summed E-state index contributed by atoms with van der Waals surface area (Å²) < 4.78 is 5.68. The highest BCUT2D eigenvalue weighted by Gasteiger charge is 2.09. The van der Waals surface area contributed by atoms with Crippen molar-refractivity contribution < 1.29 is 4.42 Å². The molecule has 0 aliphatic rings. The molecule has 0 spiro atoms. The van der Waals surface area contributed by atoms with Crippen LogP contribution in [0.1, 0.15) is 16.9 Å². The molecule has 0 saturated carbocycles. The Morgan fingerprint density at radius 3 is 2.79 bits per heavy atom. The lowest BCUT2D eigenvalue weighted by Gasteiger charge is -1.96. The highest BCUT2D eigenvalue weighted by Crippen LogP contribution is 2.26. The van der Waals surface area contributed by atoms with E-state index in [0.717, 1.165) is 17.8 Å². The molecule has 0 amide bonds. The van der Waals surface area contributed by atoms with Crippen molar-refractivity contribution in [2.24, 2.45) is 5.73 Å². The standard InChI is InChI=1S/C12H15NO/c1-8-3-4-11-10(5-6-13)9(2)14-12(11)7-8/h3-4,7H,5-6,13H2,1-2H3. The molecule has 1 aromatic carbocycles. The molecule has 1 heterocycles. The summed E-state index contributed by atoms with van der Waals surface area (Å²) in [5, 5.41) is 1.21. The molecule has 0 radical (unpaired) electrons. The van der Waals surface area contributed by atoms with Crippen LogP contribution in [-0.2, 0) is 6.42 Å². The van der Waals surface area contributed by atoms with Crippen molar-refractivity contribution >= 4 is 11.0 Å². The first-order chi connectivity index (χ1) is 6.72. The van der Waals surface area contributed by atoms with Gasteiger partial charge >= 0.3 is 0 Å². The van der Waals surface area contributed by atoms with Gasteiger partial charge in [-0.2, -0.15) is 0 Å². The second-order valence-electron chi connectivity index (χ2n) is 3.68. The van der Waals surface area contributed by atoms with Crippen LogP contribution in [0.15, 0.2) is 22.6 Å². The second-order valence-corrected chi connectivity index (χ2v) is 3.68. The van der Waals surface area contributed by atoms with E-state index < -0.39 is 0 Å². The Labute approximate surface area is 83.7 Å². The van der Waals surface area contributed by atoms with E-state index in [4.69, 9.17) is 10.2 Å². The van der Waals surface area contributed by atoms with Gasteiger partial charge in [-0.25, -0.2) is 0 Å². The van der Waals surface area contributed by atoms with Crippen molar-refractivity contribution in [3.63, 3.8) is 0 Å². The van der Waals surface area contributed by atoms with Gasteiger partial charge in [0.2, 0.25) is 0 Å². The number of aryl methyl sites for hydroxylation is 2. The van der Waals surface area contributed by atoms with Crippen molar-refractivity contribution in [2.75, 3.05) is 6.54 Å². The molecular weight excluding hydrogens is 174 g/mol. The number of furan rings is 1. The van der Waals surface area contributed by atoms with Gasteiger partial charge in [-0.1, -0.05) is 12.1 Å². The van der Waals surface area contributed by atoms with Crippen LogP contribution in [0, 0.1) is 13.8 Å². The number of hydrogen-bond donors (Lipinski definition) is 1. The smallest absolute Gasteiger partial charge is 0.134 e. The first kappa shape index (κ1) is 9.28. The third-order valence-electron chi connectivity index (χ3n) is 2.54. The van der Waals surface area contributed by atoms with Gasteiger partial charge in [-0.3, -0.25) is 0 Å². The number of rotatable bonds is 2. The Balaban J connectivity index is 2.64. The topological polar surface area (TPSA) is 39.2 Å². The minimum atomic E-state index is 0.670. The van der Waals surface area contributed by atoms with Crippen LogP contribution in [0.2, 0.25) is 0 Å². The molecule has 0 bridgehead atoms. The summed E-state index contributed by atoms with van der Waals surface area (Å²) in [5.41, 5.74) is 9.03. The predicted octanol–water partition coefficient (Wildman–Crippen LogP) is 2.55. The summed E-state index contributed by atoms with van der Waals surface area (Å²) >= 11 is 0. The third kappa shape index (κ3) is 1.42. The second kappa shape index (κ2) is 3.46. The summed E-state index contributed by atoms with van der Waals surface area (Å²) in [6.07, 6.45) is 0.891. The molecule has 1 aromatic heterocycles. The van der Waals surface area contributed by atoms with E-state index in [-0.39, 0.29) is 0 Å². The van der Waals surface area contributed by atoms with Gasteiger partial charge in [0, 0.05) is 10.9 Å². The number of hydrogen-bond acceptors (Lipinski definition) is 2. The molecule has 2 nitrogen and oxygen atoms in total. The Kier molecular flexibility index (Phi) is 2.30. The molecule has 0 aliphatic heterocycles. The highest BCUT2D eigenvalue weighted by molar-refractivity contribution is 5.82. The lowest BCUT2D eigenvalue weighted by atomic mass is 10.1. The van der Waals surface area contributed by atoms with Gasteiger partial charge < -0.3 is 10.2 Å². The predicted molar refractivity (Wildman–Crippen MR) is 58.4 cm³/mol. The van der Waals surface area contributed by atoms with E-state index in [0.29, 0.717) is 6.54 Å². The van der Waals surface area contributed by atoms with E-state index in [9.17, 15) is 0 Å². The largest absolute Gasteiger partial charge is 0.461 e. The van der Waals surface area contributed by atoms with Gasteiger partial charge in [0.05, 0.1) is 0 Å². The molecule has 74 valence electrons. The lowest BCUT2D eigenvalue weighted by Crippen LogP contribution is -2.02. The Hall–Kier alpha value is -1.28. The molecule has 2 heteroatoms. The molecule has 0 atom stereocenters. The molecule has 0 saturated heterocycles. The molecule has 2 N–H and O–H groups in total.